The molecule has 3 aromatic rings. The van der Waals surface area contributed by atoms with Gasteiger partial charge in [-0.15, -0.1) is 0 Å². The molecule has 6 aliphatic carbocycles. The van der Waals surface area contributed by atoms with Crippen molar-refractivity contribution < 1.29 is 0 Å². The molecule has 8 unspecified atom stereocenters. The second-order valence-electron chi connectivity index (χ2n) is 11.9. The fourth-order valence-corrected chi connectivity index (χ4v) is 14.7. The van der Waals surface area contributed by atoms with Crippen molar-refractivity contribution in [1.29, 1.82) is 0 Å². The van der Waals surface area contributed by atoms with Crippen molar-refractivity contribution in [3.63, 3.8) is 0 Å². The number of hydrogen-bond donors (Lipinski definition) is 0. The van der Waals surface area contributed by atoms with Gasteiger partial charge in [0.15, 0.2) is 0 Å². The Labute approximate surface area is 210 Å². The van der Waals surface area contributed by atoms with Crippen LogP contribution in [0.1, 0.15) is 37.8 Å². The average molecular weight is 477 g/mol. The SMILES string of the molecule is CC12C(=C3Sc4ccccc4S3)C3(C)C4C1CCC1C4C3(c3ccccc3)C12c1ccccc1. The van der Waals surface area contributed by atoms with Crippen molar-refractivity contribution in [2.75, 3.05) is 0 Å². The van der Waals surface area contributed by atoms with Gasteiger partial charge in [0.2, 0.25) is 0 Å². The summed E-state index contributed by atoms with van der Waals surface area (Å²) in [6.45, 7) is 5.43. The van der Waals surface area contributed by atoms with Crippen LogP contribution in [0.5, 0.6) is 0 Å². The van der Waals surface area contributed by atoms with Crippen molar-refractivity contribution in [3.05, 3.63) is 106 Å². The van der Waals surface area contributed by atoms with Crippen LogP contribution in [-0.2, 0) is 10.8 Å². The first kappa shape index (κ1) is 19.3. The van der Waals surface area contributed by atoms with Gasteiger partial charge in [-0.1, -0.05) is 110 Å². The first-order chi connectivity index (χ1) is 16.6. The fraction of sp³-hybridized carbons (Fsp3) is 0.375. The quantitative estimate of drug-likeness (QED) is 0.365. The second kappa shape index (κ2) is 5.73. The van der Waals surface area contributed by atoms with E-state index in [9.17, 15) is 0 Å². The summed E-state index contributed by atoms with van der Waals surface area (Å²) in [6.07, 6.45) is 2.85. The molecule has 0 radical (unpaired) electrons. The van der Waals surface area contributed by atoms with Crippen LogP contribution in [0.15, 0.2) is 105 Å². The largest absolute Gasteiger partial charge is 0.0815 e. The van der Waals surface area contributed by atoms with Gasteiger partial charge in [0.25, 0.3) is 0 Å². The summed E-state index contributed by atoms with van der Waals surface area (Å²) in [5.74, 6) is 3.35. The summed E-state index contributed by atoms with van der Waals surface area (Å²) in [5.41, 5.74) is 6.03. The lowest BCUT2D eigenvalue weighted by Gasteiger charge is -2.90. The molecule has 2 heteroatoms. The van der Waals surface area contributed by atoms with E-state index in [2.05, 4.69) is 122 Å². The molecule has 10 rings (SSSR count). The third-order valence-electron chi connectivity index (χ3n) is 11.7. The highest BCUT2D eigenvalue weighted by Crippen LogP contribution is 3.04. The molecule has 4 bridgehead atoms. The third kappa shape index (κ3) is 1.53. The minimum Gasteiger partial charge on any atom is -0.0815 e. The van der Waals surface area contributed by atoms with Crippen LogP contribution in [-0.4, -0.2) is 0 Å². The normalized spacial score (nSPS) is 45.8. The molecule has 0 N–H and O–H groups in total. The molecule has 0 amide bonds. The highest BCUT2D eigenvalue weighted by Gasteiger charge is 3.03. The minimum atomic E-state index is 0.220. The Bertz CT molecular complexity index is 1400. The molecule has 34 heavy (non-hydrogen) atoms. The molecule has 6 saturated carbocycles. The topological polar surface area (TPSA) is 0 Å². The van der Waals surface area contributed by atoms with Crippen molar-refractivity contribution in [3.8, 4) is 0 Å². The lowest BCUT2D eigenvalue weighted by molar-refractivity contribution is -0.364. The zero-order valence-corrected chi connectivity index (χ0v) is 21.3. The first-order valence-corrected chi connectivity index (χ1v) is 14.6. The Morgan fingerprint density at radius 3 is 1.74 bits per heavy atom. The maximum Gasteiger partial charge on any atom is 0.0503 e. The Morgan fingerprint density at radius 1 is 0.588 bits per heavy atom. The summed E-state index contributed by atoms with van der Waals surface area (Å²) in [4.78, 5) is 2.92. The van der Waals surface area contributed by atoms with Gasteiger partial charge >= 0.3 is 0 Å². The lowest BCUT2D eigenvalue weighted by Crippen LogP contribution is -2.91. The van der Waals surface area contributed by atoms with Gasteiger partial charge in [-0.25, -0.2) is 0 Å². The zero-order valence-electron chi connectivity index (χ0n) is 19.6. The standard InChI is InChI=1S/C32H28S2/c1-29-21-17-18-22-26-25(21)30(2,27(29)28-33-23-15-9-10-16-24(23)34-28)32(26,20-13-7-4-8-14-20)31(22,29)19-11-5-3-6-12-19/h3-16,21-22,25-26H,17-18H2,1-2H3. The molecule has 0 nitrogen and oxygen atoms in total. The number of rotatable bonds is 2. The van der Waals surface area contributed by atoms with Gasteiger partial charge in [-0.3, -0.25) is 0 Å². The Balaban J connectivity index is 1.41. The van der Waals surface area contributed by atoms with Crippen LogP contribution < -0.4 is 0 Å². The highest BCUT2D eigenvalue weighted by molar-refractivity contribution is 8.24. The molecular weight excluding hydrogens is 448 g/mol. The predicted octanol–water partition coefficient (Wildman–Crippen LogP) is 8.30. The van der Waals surface area contributed by atoms with E-state index < -0.39 is 0 Å². The number of fused-ring (bicyclic) bond motifs is 2. The lowest BCUT2D eigenvalue weighted by atomic mass is 9.12. The third-order valence-corrected chi connectivity index (χ3v) is 14.3. The van der Waals surface area contributed by atoms with Gasteiger partial charge in [0, 0.05) is 31.5 Å². The van der Waals surface area contributed by atoms with Gasteiger partial charge in [0.1, 0.15) is 0 Å². The first-order valence-electron chi connectivity index (χ1n) is 12.9. The molecule has 0 aromatic heterocycles. The summed E-state index contributed by atoms with van der Waals surface area (Å²) in [7, 11) is 0. The van der Waals surface area contributed by atoms with Crippen LogP contribution >= 0.6 is 23.5 Å². The molecule has 0 spiro atoms. The smallest absolute Gasteiger partial charge is 0.0503 e. The van der Waals surface area contributed by atoms with E-state index in [0.29, 0.717) is 0 Å². The Hall–Kier alpha value is -1.90. The Morgan fingerprint density at radius 2 is 1.12 bits per heavy atom. The zero-order chi connectivity index (χ0) is 22.5. The number of allylic oxidation sites excluding steroid dienone is 1. The van der Waals surface area contributed by atoms with Crippen LogP contribution in [0, 0.1) is 34.5 Å². The average Bonchev–Trinajstić information content (AvgIpc) is 3.37. The predicted molar refractivity (Wildman–Crippen MR) is 141 cm³/mol. The molecular formula is C32H28S2. The molecule has 6 fully saturated rings. The maximum absolute atomic E-state index is 2.72. The van der Waals surface area contributed by atoms with E-state index in [1.807, 2.05) is 5.57 Å². The summed E-state index contributed by atoms with van der Waals surface area (Å²) in [5, 5.41) is 0. The summed E-state index contributed by atoms with van der Waals surface area (Å²) in [6, 6.07) is 32.6. The van der Waals surface area contributed by atoms with Crippen LogP contribution in [0.25, 0.3) is 0 Å². The van der Waals surface area contributed by atoms with E-state index in [-0.39, 0.29) is 21.7 Å². The van der Waals surface area contributed by atoms with Crippen LogP contribution in [0.3, 0.4) is 0 Å². The van der Waals surface area contributed by atoms with Crippen molar-refractivity contribution in [2.24, 2.45) is 34.5 Å². The van der Waals surface area contributed by atoms with Gasteiger partial charge < -0.3 is 0 Å². The summed E-state index contributed by atoms with van der Waals surface area (Å²) < 4.78 is 1.62. The number of thioether (sulfide) groups is 2. The summed E-state index contributed by atoms with van der Waals surface area (Å²) >= 11 is 4.16. The molecule has 8 atom stereocenters. The second-order valence-corrected chi connectivity index (χ2v) is 14.3. The van der Waals surface area contributed by atoms with Gasteiger partial charge in [-0.05, 0) is 65.3 Å². The van der Waals surface area contributed by atoms with E-state index in [1.165, 1.54) is 22.6 Å². The van der Waals surface area contributed by atoms with E-state index >= 15 is 0 Å². The molecule has 1 heterocycles. The maximum atomic E-state index is 2.72. The van der Waals surface area contributed by atoms with E-state index in [1.54, 1.807) is 15.4 Å². The monoisotopic (exact) mass is 476 g/mol. The highest BCUT2D eigenvalue weighted by atomic mass is 32.2. The number of hydrogen-bond acceptors (Lipinski definition) is 2. The minimum absolute atomic E-state index is 0.220. The van der Waals surface area contributed by atoms with Crippen LogP contribution in [0.4, 0.5) is 0 Å². The van der Waals surface area contributed by atoms with Crippen LogP contribution in [0.2, 0.25) is 0 Å². The van der Waals surface area contributed by atoms with Crippen molar-refractivity contribution in [1.82, 2.24) is 0 Å². The molecule has 0 saturated heterocycles. The molecule has 1 aliphatic heterocycles. The number of benzene rings is 3. The van der Waals surface area contributed by atoms with Crippen molar-refractivity contribution in [2.45, 2.75) is 47.3 Å². The van der Waals surface area contributed by atoms with Gasteiger partial charge in [-0.2, -0.15) is 0 Å². The Kier molecular flexibility index (Phi) is 3.26. The van der Waals surface area contributed by atoms with Gasteiger partial charge in [0.05, 0.1) is 4.24 Å². The van der Waals surface area contributed by atoms with Crippen molar-refractivity contribution >= 4 is 23.5 Å². The fourth-order valence-electron chi connectivity index (χ4n) is 11.7. The molecule has 168 valence electrons. The van der Waals surface area contributed by atoms with E-state index in [0.717, 1.165) is 23.7 Å². The molecule has 7 aliphatic rings. The van der Waals surface area contributed by atoms with E-state index in [4.69, 9.17) is 0 Å². The molecule has 3 aromatic carbocycles.